The molecule has 1 heterocycles. The second kappa shape index (κ2) is 13.3. The standard InChI is InChI=1S/C32H20N6O12S3/c33-22-13-20-14(11-27(22)53(46,47)48)10-26(51-50-49-42)29(30(20)39)38-37-25-9-8-23(16-5-4-15(12-21(16)25)52(43,44)45)35-36-24-7-6-19-28-17(24)2-1-3-18(28)31(40)34-32(19)41/h1-13,39,42H,33H2,(H,34,40,41)(H,43,44,45)(H,46,47,48). The van der Waals surface area contributed by atoms with Crippen molar-refractivity contribution in [1.29, 1.82) is 0 Å². The van der Waals surface area contributed by atoms with Gasteiger partial charge in [0.1, 0.15) is 10.6 Å². The normalized spacial score (nSPS) is 13.6. The summed E-state index contributed by atoms with van der Waals surface area (Å²) in [5.74, 6) is -1.70. The average molecular weight is 777 g/mol. The van der Waals surface area contributed by atoms with E-state index in [2.05, 4.69) is 35.1 Å². The van der Waals surface area contributed by atoms with Gasteiger partial charge in [0.25, 0.3) is 32.1 Å². The molecule has 0 fully saturated rings. The first kappa shape index (κ1) is 35.5. The molecule has 0 spiro atoms. The molecule has 0 aliphatic carbocycles. The Bertz CT molecular complexity index is 2860. The van der Waals surface area contributed by atoms with Gasteiger partial charge < -0.3 is 10.8 Å². The summed E-state index contributed by atoms with van der Waals surface area (Å²) in [5.41, 5.74) is 6.23. The van der Waals surface area contributed by atoms with Crippen LogP contribution in [0.5, 0.6) is 5.75 Å². The third kappa shape index (κ3) is 6.54. The minimum absolute atomic E-state index is 0.00608. The number of phenols is 1. The summed E-state index contributed by atoms with van der Waals surface area (Å²) in [6, 6.07) is 17.7. The fourth-order valence-electron chi connectivity index (χ4n) is 5.76. The Morgan fingerprint density at radius 3 is 2.02 bits per heavy atom. The first-order valence-corrected chi connectivity index (χ1v) is 18.3. The number of amides is 2. The van der Waals surface area contributed by atoms with Crippen molar-refractivity contribution < 1.29 is 55.3 Å². The van der Waals surface area contributed by atoms with Crippen molar-refractivity contribution in [3.05, 3.63) is 90.0 Å². The Morgan fingerprint density at radius 1 is 0.698 bits per heavy atom. The van der Waals surface area contributed by atoms with E-state index in [0.29, 0.717) is 28.5 Å². The van der Waals surface area contributed by atoms with Crippen molar-refractivity contribution in [1.82, 2.24) is 5.32 Å². The molecule has 0 aromatic heterocycles. The first-order valence-electron chi connectivity index (χ1n) is 14.7. The van der Waals surface area contributed by atoms with Crippen LogP contribution in [0, 0.1) is 0 Å². The number of nitrogens with two attached hydrogens (primary N) is 1. The van der Waals surface area contributed by atoms with Crippen LogP contribution in [0.2, 0.25) is 0 Å². The molecular formula is C32H20N6O12S3. The van der Waals surface area contributed by atoms with E-state index in [1.54, 1.807) is 24.3 Å². The summed E-state index contributed by atoms with van der Waals surface area (Å²) in [7, 11) is -9.46. The summed E-state index contributed by atoms with van der Waals surface area (Å²) in [5, 5.41) is 44.3. The molecular weight excluding hydrogens is 757 g/mol. The maximum absolute atomic E-state index is 12.5. The summed E-state index contributed by atoms with van der Waals surface area (Å²) in [6.45, 7) is 0. The Morgan fingerprint density at radius 2 is 1.34 bits per heavy atom. The second-order valence-electron chi connectivity index (χ2n) is 11.2. The monoisotopic (exact) mass is 776 g/mol. The molecule has 1 aliphatic heterocycles. The lowest BCUT2D eigenvalue weighted by atomic mass is 9.94. The molecule has 18 nitrogen and oxygen atoms in total. The number of hydrogen-bond donors (Lipinski definition) is 6. The quantitative estimate of drug-likeness (QED) is 0.0163. The maximum Gasteiger partial charge on any atom is 0.296 e. The second-order valence-corrected chi connectivity index (χ2v) is 14.8. The highest BCUT2D eigenvalue weighted by molar-refractivity contribution is 7.94. The van der Waals surface area contributed by atoms with E-state index in [-0.39, 0.29) is 54.6 Å². The van der Waals surface area contributed by atoms with Crippen LogP contribution in [0.3, 0.4) is 0 Å². The molecule has 0 saturated heterocycles. The van der Waals surface area contributed by atoms with Gasteiger partial charge in [0.2, 0.25) is 0 Å². The van der Waals surface area contributed by atoms with E-state index < -0.39 is 53.3 Å². The van der Waals surface area contributed by atoms with Gasteiger partial charge in [-0.25, -0.2) is 5.26 Å². The molecule has 21 heteroatoms. The van der Waals surface area contributed by atoms with Gasteiger partial charge in [-0.1, -0.05) is 23.2 Å². The van der Waals surface area contributed by atoms with Crippen LogP contribution in [-0.4, -0.2) is 48.1 Å². The van der Waals surface area contributed by atoms with E-state index in [4.69, 9.17) is 11.0 Å². The number of fused-ring (bicyclic) bond motifs is 2. The van der Waals surface area contributed by atoms with Crippen molar-refractivity contribution in [3.8, 4) is 5.75 Å². The first-order chi connectivity index (χ1) is 25.2. The molecule has 0 atom stereocenters. The molecule has 1 aliphatic rings. The fourth-order valence-corrected chi connectivity index (χ4v) is 7.40. The highest BCUT2D eigenvalue weighted by Gasteiger charge is 2.26. The number of azo groups is 2. The van der Waals surface area contributed by atoms with Crippen LogP contribution in [-0.2, 0) is 29.6 Å². The number of phenolic OH excluding ortho intramolecular Hbond substituents is 1. The topological polar surface area (TPSA) is 289 Å². The number of aromatic hydroxyl groups is 1. The lowest BCUT2D eigenvalue weighted by molar-refractivity contribution is -0.432. The lowest BCUT2D eigenvalue weighted by Gasteiger charge is -2.17. The summed E-state index contributed by atoms with van der Waals surface area (Å²) >= 11 is 0.343. The lowest BCUT2D eigenvalue weighted by Crippen LogP contribution is -2.34. The van der Waals surface area contributed by atoms with Crippen molar-refractivity contribution in [2.24, 2.45) is 20.5 Å². The molecule has 7 rings (SSSR count). The zero-order valence-corrected chi connectivity index (χ0v) is 28.6. The highest BCUT2D eigenvalue weighted by Crippen LogP contribution is 2.46. The van der Waals surface area contributed by atoms with Crippen molar-refractivity contribution in [2.45, 2.75) is 14.7 Å². The predicted octanol–water partition coefficient (Wildman–Crippen LogP) is 7.07. The number of rotatable bonds is 9. The number of anilines is 1. The van der Waals surface area contributed by atoms with Crippen LogP contribution < -0.4 is 11.1 Å². The molecule has 53 heavy (non-hydrogen) atoms. The van der Waals surface area contributed by atoms with Gasteiger partial charge >= 0.3 is 0 Å². The number of nitrogen functional groups attached to an aromatic ring is 1. The van der Waals surface area contributed by atoms with Crippen LogP contribution in [0.1, 0.15) is 20.7 Å². The Balaban J connectivity index is 1.36. The smallest absolute Gasteiger partial charge is 0.296 e. The van der Waals surface area contributed by atoms with E-state index in [1.165, 1.54) is 30.3 Å². The minimum Gasteiger partial charge on any atom is -0.505 e. The van der Waals surface area contributed by atoms with Gasteiger partial charge in [-0.15, -0.1) is 24.8 Å². The molecule has 0 bridgehead atoms. The maximum atomic E-state index is 12.5. The van der Waals surface area contributed by atoms with E-state index in [1.807, 2.05) is 0 Å². The third-order valence-electron chi connectivity index (χ3n) is 8.11. The van der Waals surface area contributed by atoms with Gasteiger partial charge in [0, 0.05) is 38.1 Å². The zero-order chi connectivity index (χ0) is 37.8. The number of carbonyl (C=O) groups excluding carboxylic acids is 2. The Kier molecular flexibility index (Phi) is 8.87. The molecule has 6 aromatic carbocycles. The van der Waals surface area contributed by atoms with Crippen LogP contribution in [0.4, 0.5) is 28.4 Å². The summed E-state index contributed by atoms with van der Waals surface area (Å²) in [4.78, 5) is 23.7. The van der Waals surface area contributed by atoms with E-state index in [0.717, 1.165) is 24.3 Å². The van der Waals surface area contributed by atoms with Gasteiger partial charge in [-0.2, -0.15) is 16.8 Å². The van der Waals surface area contributed by atoms with Crippen molar-refractivity contribution in [2.75, 3.05) is 5.73 Å². The van der Waals surface area contributed by atoms with Crippen LogP contribution in [0.15, 0.2) is 114 Å². The molecule has 7 N–H and O–H groups in total. The SMILES string of the molecule is Nc1cc2c(O)c(N=Nc3ccc(N=Nc4ccc5c6c(cccc46)C(=O)NC5=O)c4ccc(S(=O)(=O)O)cc34)c(SOOO)cc2cc1S(=O)(=O)O. The number of imide groups is 1. The Labute approximate surface area is 301 Å². The largest absolute Gasteiger partial charge is 0.505 e. The minimum atomic E-state index is -4.75. The van der Waals surface area contributed by atoms with Gasteiger partial charge in [-0.05, 0) is 66.0 Å². The number of carbonyl (C=O) groups is 2. The zero-order valence-electron chi connectivity index (χ0n) is 26.2. The van der Waals surface area contributed by atoms with E-state index in [9.17, 15) is 40.6 Å². The van der Waals surface area contributed by atoms with Gasteiger partial charge in [0.15, 0.2) is 5.75 Å². The molecule has 2 amide bonds. The highest BCUT2D eigenvalue weighted by atomic mass is 32.2. The molecule has 0 saturated carbocycles. The summed E-state index contributed by atoms with van der Waals surface area (Å²) in [6.07, 6.45) is 0. The molecule has 0 unspecified atom stereocenters. The molecule has 6 aromatic rings. The average Bonchev–Trinajstić information content (AvgIpc) is 3.11. The summed E-state index contributed by atoms with van der Waals surface area (Å²) < 4.78 is 71.7. The molecule has 0 radical (unpaired) electrons. The molecule has 268 valence electrons. The number of hydrogen-bond acceptors (Lipinski definition) is 16. The number of nitrogens with one attached hydrogen (secondary N) is 1. The number of benzene rings is 6. The Hall–Kier alpha value is -5.91. The van der Waals surface area contributed by atoms with Crippen molar-refractivity contribution >= 4 is 105 Å². The fraction of sp³-hybridized carbons (Fsp3) is 0. The van der Waals surface area contributed by atoms with Crippen LogP contribution >= 0.6 is 12.0 Å². The van der Waals surface area contributed by atoms with Crippen molar-refractivity contribution in [3.63, 3.8) is 0 Å². The van der Waals surface area contributed by atoms with Gasteiger partial charge in [0.05, 0.1) is 44.6 Å². The predicted molar refractivity (Wildman–Crippen MR) is 188 cm³/mol. The third-order valence-corrected chi connectivity index (χ3v) is 10.5. The number of nitrogens with zero attached hydrogens (tertiary/aromatic N) is 4. The van der Waals surface area contributed by atoms with Gasteiger partial charge in [-0.3, -0.25) is 24.0 Å². The van der Waals surface area contributed by atoms with E-state index >= 15 is 0 Å². The van der Waals surface area contributed by atoms with Crippen LogP contribution in [0.25, 0.3) is 32.3 Å².